The molecule has 1 aromatic carbocycles. The summed E-state index contributed by atoms with van der Waals surface area (Å²) < 4.78 is 5.31. The van der Waals surface area contributed by atoms with Crippen LogP contribution in [0.2, 0.25) is 0 Å². The lowest BCUT2D eigenvalue weighted by Gasteiger charge is -2.38. The zero-order valence-electron chi connectivity index (χ0n) is 16.3. The van der Waals surface area contributed by atoms with Gasteiger partial charge in [0, 0.05) is 24.8 Å². The Balaban J connectivity index is 1.42. The highest BCUT2D eigenvalue weighted by atomic mass is 16.5. The Labute approximate surface area is 164 Å². The fourth-order valence-corrected chi connectivity index (χ4v) is 4.24. The van der Waals surface area contributed by atoms with Crippen molar-refractivity contribution in [3.8, 4) is 0 Å². The number of carbonyl (C=O) groups is 2. The smallest absolute Gasteiger partial charge is 0.317 e. The molecule has 2 aromatic rings. The molecule has 0 bridgehead atoms. The first-order chi connectivity index (χ1) is 13.5. The molecule has 148 valence electrons. The number of anilines is 1. The maximum Gasteiger partial charge on any atom is 0.317 e. The van der Waals surface area contributed by atoms with E-state index in [0.717, 1.165) is 36.2 Å². The molecule has 1 saturated heterocycles. The largest absolute Gasteiger partial charge is 0.359 e. The topological polar surface area (TPSA) is 87.5 Å². The summed E-state index contributed by atoms with van der Waals surface area (Å²) >= 11 is 0. The Kier molecular flexibility index (Phi) is 4.83. The number of urea groups is 1. The van der Waals surface area contributed by atoms with Crippen molar-refractivity contribution in [2.45, 2.75) is 45.1 Å². The van der Waals surface area contributed by atoms with Crippen LogP contribution in [-0.4, -0.2) is 35.1 Å². The Morgan fingerprint density at radius 2 is 2.21 bits per heavy atom. The normalized spacial score (nSPS) is 21.1. The number of likely N-dealkylation sites (tertiary alicyclic amines) is 1. The van der Waals surface area contributed by atoms with Crippen molar-refractivity contribution >= 4 is 17.6 Å². The molecule has 3 amide bonds. The SMILES string of the molecule is CC(C)Cc1cc(CNC(=O)N2CCCC3(C2)C(=O)Nc2ccccc23)on1. The van der Waals surface area contributed by atoms with Gasteiger partial charge >= 0.3 is 6.03 Å². The fraction of sp³-hybridized carbons (Fsp3) is 0.476. The van der Waals surface area contributed by atoms with Crippen LogP contribution in [0.15, 0.2) is 34.9 Å². The first-order valence-corrected chi connectivity index (χ1v) is 9.86. The number of rotatable bonds is 4. The quantitative estimate of drug-likeness (QED) is 0.851. The lowest BCUT2D eigenvalue weighted by Crippen LogP contribution is -2.54. The molecule has 1 unspecified atom stereocenters. The lowest BCUT2D eigenvalue weighted by atomic mass is 9.75. The predicted molar refractivity (Wildman–Crippen MR) is 105 cm³/mol. The van der Waals surface area contributed by atoms with E-state index >= 15 is 0 Å². The second-order valence-electron chi connectivity index (χ2n) is 8.15. The molecule has 2 aliphatic rings. The maximum atomic E-state index is 12.8. The van der Waals surface area contributed by atoms with E-state index in [2.05, 4.69) is 29.6 Å². The monoisotopic (exact) mass is 382 g/mol. The first kappa shape index (κ1) is 18.5. The van der Waals surface area contributed by atoms with E-state index in [1.807, 2.05) is 30.3 Å². The average molecular weight is 382 g/mol. The minimum absolute atomic E-state index is 0.0141. The van der Waals surface area contributed by atoms with Crippen LogP contribution < -0.4 is 10.6 Å². The number of fused-ring (bicyclic) bond motifs is 2. The summed E-state index contributed by atoms with van der Waals surface area (Å²) in [5.74, 6) is 1.12. The van der Waals surface area contributed by atoms with Gasteiger partial charge in [-0.2, -0.15) is 0 Å². The molecule has 4 rings (SSSR count). The van der Waals surface area contributed by atoms with Gasteiger partial charge in [0.15, 0.2) is 5.76 Å². The molecule has 3 heterocycles. The standard InChI is InChI=1S/C21H26N4O3/c1-14(2)10-15-11-16(28-24-15)12-22-20(27)25-9-5-8-21(13-25)17-6-3-4-7-18(17)23-19(21)26/h3-4,6-7,11,14H,5,8-10,12-13H2,1-2H3,(H,22,27)(H,23,26). The zero-order valence-corrected chi connectivity index (χ0v) is 16.3. The van der Waals surface area contributed by atoms with Crippen molar-refractivity contribution in [3.63, 3.8) is 0 Å². The van der Waals surface area contributed by atoms with Crippen LogP contribution in [0.25, 0.3) is 0 Å². The third kappa shape index (κ3) is 3.37. The number of benzene rings is 1. The Morgan fingerprint density at radius 3 is 3.04 bits per heavy atom. The highest BCUT2D eigenvalue weighted by Gasteiger charge is 2.49. The Hall–Kier alpha value is -2.83. The summed E-state index contributed by atoms with van der Waals surface area (Å²) in [6, 6.07) is 9.46. The van der Waals surface area contributed by atoms with E-state index in [0.29, 0.717) is 24.8 Å². The molecule has 0 aliphatic carbocycles. The Morgan fingerprint density at radius 1 is 1.39 bits per heavy atom. The van der Waals surface area contributed by atoms with Crippen LogP contribution in [0.5, 0.6) is 0 Å². The molecule has 2 N–H and O–H groups in total. The zero-order chi connectivity index (χ0) is 19.7. The second-order valence-corrected chi connectivity index (χ2v) is 8.15. The highest BCUT2D eigenvalue weighted by Crippen LogP contribution is 2.43. The molecule has 0 radical (unpaired) electrons. The minimum Gasteiger partial charge on any atom is -0.359 e. The van der Waals surface area contributed by atoms with Crippen molar-refractivity contribution in [2.24, 2.45) is 5.92 Å². The van der Waals surface area contributed by atoms with Gasteiger partial charge in [0.1, 0.15) is 0 Å². The molecule has 1 fully saturated rings. The van der Waals surface area contributed by atoms with Crippen LogP contribution in [0.3, 0.4) is 0 Å². The molecule has 2 aliphatic heterocycles. The van der Waals surface area contributed by atoms with E-state index in [1.165, 1.54) is 0 Å². The number of nitrogens with one attached hydrogen (secondary N) is 2. The van der Waals surface area contributed by atoms with Crippen molar-refractivity contribution < 1.29 is 14.1 Å². The number of hydrogen-bond donors (Lipinski definition) is 2. The van der Waals surface area contributed by atoms with E-state index < -0.39 is 5.41 Å². The van der Waals surface area contributed by atoms with Gasteiger partial charge in [-0.05, 0) is 36.8 Å². The van der Waals surface area contributed by atoms with Gasteiger partial charge < -0.3 is 20.1 Å². The van der Waals surface area contributed by atoms with Crippen LogP contribution >= 0.6 is 0 Å². The summed E-state index contributed by atoms with van der Waals surface area (Å²) in [4.78, 5) is 27.2. The van der Waals surface area contributed by atoms with E-state index in [4.69, 9.17) is 4.52 Å². The van der Waals surface area contributed by atoms with Crippen molar-refractivity contribution in [1.82, 2.24) is 15.4 Å². The minimum atomic E-state index is -0.650. The number of hydrogen-bond acceptors (Lipinski definition) is 4. The van der Waals surface area contributed by atoms with E-state index in [-0.39, 0.29) is 18.5 Å². The molecule has 1 atom stereocenters. The van der Waals surface area contributed by atoms with Crippen LogP contribution in [0, 0.1) is 5.92 Å². The van der Waals surface area contributed by atoms with Gasteiger partial charge in [-0.15, -0.1) is 0 Å². The summed E-state index contributed by atoms with van der Waals surface area (Å²) in [6.07, 6.45) is 2.39. The number of carbonyl (C=O) groups excluding carboxylic acids is 2. The maximum absolute atomic E-state index is 12.8. The molecular formula is C21H26N4O3. The lowest BCUT2D eigenvalue weighted by molar-refractivity contribution is -0.122. The van der Waals surface area contributed by atoms with Gasteiger partial charge in [-0.1, -0.05) is 37.2 Å². The third-order valence-corrected chi connectivity index (χ3v) is 5.54. The highest BCUT2D eigenvalue weighted by molar-refractivity contribution is 6.06. The van der Waals surface area contributed by atoms with Crippen LogP contribution in [0.4, 0.5) is 10.5 Å². The predicted octanol–water partition coefficient (Wildman–Crippen LogP) is 3.07. The number of amides is 3. The van der Waals surface area contributed by atoms with Gasteiger partial charge in [-0.3, -0.25) is 4.79 Å². The van der Waals surface area contributed by atoms with Crippen molar-refractivity contribution in [3.05, 3.63) is 47.3 Å². The summed E-state index contributed by atoms with van der Waals surface area (Å²) in [5.41, 5.74) is 2.10. The molecule has 7 nitrogen and oxygen atoms in total. The Bertz CT molecular complexity index is 891. The molecular weight excluding hydrogens is 356 g/mol. The number of piperidine rings is 1. The molecule has 1 aromatic heterocycles. The molecule has 0 saturated carbocycles. The fourth-order valence-electron chi connectivity index (χ4n) is 4.24. The van der Waals surface area contributed by atoms with Gasteiger partial charge in [-0.25, -0.2) is 4.79 Å². The summed E-state index contributed by atoms with van der Waals surface area (Å²) in [6.45, 7) is 5.56. The van der Waals surface area contributed by atoms with Crippen LogP contribution in [-0.2, 0) is 23.2 Å². The van der Waals surface area contributed by atoms with Crippen molar-refractivity contribution in [1.29, 1.82) is 0 Å². The molecule has 28 heavy (non-hydrogen) atoms. The van der Waals surface area contributed by atoms with Crippen LogP contribution in [0.1, 0.15) is 43.7 Å². The van der Waals surface area contributed by atoms with Gasteiger partial charge in [0.05, 0.1) is 17.7 Å². The van der Waals surface area contributed by atoms with Gasteiger partial charge in [0.25, 0.3) is 0 Å². The molecule has 1 spiro atoms. The van der Waals surface area contributed by atoms with E-state index in [1.54, 1.807) is 4.90 Å². The summed E-state index contributed by atoms with van der Waals surface area (Å²) in [5, 5.41) is 9.92. The molecule has 7 heteroatoms. The summed E-state index contributed by atoms with van der Waals surface area (Å²) in [7, 11) is 0. The first-order valence-electron chi connectivity index (χ1n) is 9.86. The number of aromatic nitrogens is 1. The van der Waals surface area contributed by atoms with Crippen molar-refractivity contribution in [2.75, 3.05) is 18.4 Å². The third-order valence-electron chi connectivity index (χ3n) is 5.54. The van der Waals surface area contributed by atoms with Gasteiger partial charge in [0.2, 0.25) is 5.91 Å². The number of nitrogens with zero attached hydrogens (tertiary/aromatic N) is 2. The number of para-hydroxylation sites is 1. The average Bonchev–Trinajstić information content (AvgIpc) is 3.22. The van der Waals surface area contributed by atoms with E-state index in [9.17, 15) is 9.59 Å². The second kappa shape index (κ2) is 7.30.